The van der Waals surface area contributed by atoms with Gasteiger partial charge >= 0.3 is 5.97 Å². The first kappa shape index (κ1) is 30.8. The van der Waals surface area contributed by atoms with Crippen molar-refractivity contribution in [3.05, 3.63) is 78.0 Å². The van der Waals surface area contributed by atoms with Crippen LogP contribution in [0, 0.1) is 6.92 Å². The second-order valence-corrected chi connectivity index (χ2v) is 13.1. The molecule has 1 atom stereocenters. The number of aliphatic carboxylic acids is 1. The van der Waals surface area contributed by atoms with Gasteiger partial charge in [0.15, 0.2) is 11.8 Å². The molecule has 2 aromatic carbocycles. The number of fused-ring (bicyclic) bond motifs is 7. The summed E-state index contributed by atoms with van der Waals surface area (Å²) in [5.74, 6) is 0.463. The summed E-state index contributed by atoms with van der Waals surface area (Å²) in [6.45, 7) is 12.0. The second kappa shape index (κ2) is 12.3. The van der Waals surface area contributed by atoms with Crippen molar-refractivity contribution in [1.82, 2.24) is 14.6 Å². The number of para-hydroxylation sites is 1. The third-order valence-corrected chi connectivity index (χ3v) is 8.48. The van der Waals surface area contributed by atoms with Gasteiger partial charge in [-0.25, -0.2) is 9.78 Å². The van der Waals surface area contributed by atoms with Crippen molar-refractivity contribution in [2.75, 3.05) is 31.2 Å². The summed E-state index contributed by atoms with van der Waals surface area (Å²) in [6.07, 6.45) is 5.28. The molecule has 0 amide bonds. The average Bonchev–Trinajstić information content (AvgIpc) is 3.42. The van der Waals surface area contributed by atoms with Crippen LogP contribution in [0.1, 0.15) is 64.3 Å². The van der Waals surface area contributed by atoms with Crippen LogP contribution in [0.4, 0.5) is 5.82 Å². The Labute approximate surface area is 264 Å². The highest BCUT2D eigenvalue weighted by molar-refractivity contribution is 5.80. The number of piperidine rings is 1. The fraction of sp³-hybridized carbons (Fsp3) is 0.417. The predicted octanol–water partition coefficient (Wildman–Crippen LogP) is 7.03. The van der Waals surface area contributed by atoms with Gasteiger partial charge in [-0.05, 0) is 71.6 Å². The van der Waals surface area contributed by atoms with Gasteiger partial charge in [-0.15, -0.1) is 0 Å². The van der Waals surface area contributed by atoms with E-state index in [9.17, 15) is 9.90 Å². The first-order valence-electron chi connectivity index (χ1n) is 15.7. The number of hydrogen-bond acceptors (Lipinski definition) is 7. The maximum absolute atomic E-state index is 12.8. The summed E-state index contributed by atoms with van der Waals surface area (Å²) in [5.41, 5.74) is 4.47. The van der Waals surface area contributed by atoms with E-state index in [1.165, 1.54) is 0 Å². The van der Waals surface area contributed by atoms with Crippen molar-refractivity contribution >= 4 is 17.4 Å². The molecule has 0 radical (unpaired) electrons. The highest BCUT2D eigenvalue weighted by Crippen LogP contribution is 2.39. The minimum atomic E-state index is -1.22. The van der Waals surface area contributed by atoms with Crippen LogP contribution in [-0.2, 0) is 14.3 Å². The highest BCUT2D eigenvalue weighted by atomic mass is 16.5. The zero-order chi connectivity index (χ0) is 31.8. The summed E-state index contributed by atoms with van der Waals surface area (Å²) >= 11 is 0. The molecule has 5 heterocycles. The Morgan fingerprint density at radius 1 is 1.04 bits per heavy atom. The number of ether oxygens (including phenoxy) is 3. The largest absolute Gasteiger partial charge is 0.493 e. The number of carboxylic acid groups (broad SMARTS) is 1. The molecule has 7 rings (SSSR count). The van der Waals surface area contributed by atoms with Crippen molar-refractivity contribution in [3.63, 3.8) is 0 Å². The fourth-order valence-electron chi connectivity index (χ4n) is 6.14. The zero-order valence-corrected chi connectivity index (χ0v) is 26.7. The van der Waals surface area contributed by atoms with Crippen molar-refractivity contribution in [2.24, 2.45) is 0 Å². The van der Waals surface area contributed by atoms with Crippen molar-refractivity contribution in [2.45, 2.75) is 71.2 Å². The summed E-state index contributed by atoms with van der Waals surface area (Å²) in [5, 5.41) is 15.5. The third-order valence-electron chi connectivity index (χ3n) is 8.48. The van der Waals surface area contributed by atoms with Gasteiger partial charge in [-0.2, -0.15) is 9.61 Å². The molecule has 1 fully saturated rings. The molecule has 9 heteroatoms. The lowest BCUT2D eigenvalue weighted by Crippen LogP contribution is -2.45. The molecule has 6 bridgehead atoms. The maximum atomic E-state index is 12.8. The van der Waals surface area contributed by atoms with Crippen LogP contribution in [0.2, 0.25) is 0 Å². The number of aryl methyl sites for hydroxylation is 1. The van der Waals surface area contributed by atoms with E-state index in [-0.39, 0.29) is 5.60 Å². The molecule has 0 saturated carbocycles. The number of aromatic nitrogens is 3. The van der Waals surface area contributed by atoms with Crippen LogP contribution in [0.3, 0.4) is 0 Å². The molecule has 1 saturated heterocycles. The fourth-order valence-corrected chi connectivity index (χ4v) is 6.14. The number of hydrogen-bond donors (Lipinski definition) is 1. The summed E-state index contributed by atoms with van der Waals surface area (Å²) in [4.78, 5) is 19.9. The Balaban J connectivity index is 1.53. The predicted molar refractivity (Wildman–Crippen MR) is 175 cm³/mol. The highest BCUT2D eigenvalue weighted by Gasteiger charge is 2.37. The topological polar surface area (TPSA) is 98.4 Å². The lowest BCUT2D eigenvalue weighted by molar-refractivity contribution is -0.160. The first-order valence-corrected chi connectivity index (χ1v) is 15.7. The number of anilines is 1. The van der Waals surface area contributed by atoms with Crippen LogP contribution < -0.4 is 9.64 Å². The van der Waals surface area contributed by atoms with Crippen molar-refractivity contribution < 1.29 is 24.1 Å². The monoisotopic (exact) mass is 610 g/mol. The van der Waals surface area contributed by atoms with E-state index in [2.05, 4.69) is 42.2 Å². The molecular formula is C36H42N4O5. The molecule has 0 unspecified atom stereocenters. The lowest BCUT2D eigenvalue weighted by Gasteiger charge is -2.41. The number of carbonyl (C=O) groups is 1. The Hall–Kier alpha value is -4.21. The number of rotatable bonds is 3. The Kier molecular flexibility index (Phi) is 8.41. The van der Waals surface area contributed by atoms with E-state index in [1.54, 1.807) is 4.52 Å². The maximum Gasteiger partial charge on any atom is 0.337 e. The van der Waals surface area contributed by atoms with E-state index in [4.69, 9.17) is 24.3 Å². The molecule has 4 aromatic rings. The first-order chi connectivity index (χ1) is 21.5. The number of nitrogens with zero attached hydrogens (tertiary/aromatic N) is 4. The standard InChI is InChI=1S/C36H42N4O5/c1-24-31(32(34(41)42)45-35(2,3)4)33-39-18-16-36(5,17-19-39)44-21-10-6-9-20-43-29-15-8-7-14-27(29)25-12-11-13-26(22-25)28-23-30(37-24)40(33)38-28/h6-8,10-15,22-23,32H,9,16-21H2,1-5H3,(H,41,42)/b10-6+/t32-/m0/s1. The lowest BCUT2D eigenvalue weighted by atomic mass is 9.92. The van der Waals surface area contributed by atoms with Gasteiger partial charge in [0.05, 0.1) is 35.7 Å². The van der Waals surface area contributed by atoms with Crippen LogP contribution >= 0.6 is 0 Å². The molecule has 1 N–H and O–H groups in total. The molecular weight excluding hydrogens is 568 g/mol. The zero-order valence-electron chi connectivity index (χ0n) is 26.7. The SMILES string of the molecule is Cc1nc2cc3nn2c(c1[C@H](OC(C)(C)C)C(=O)O)N1CCC(C)(CC1)OC/C=C/CCOc1ccccc1-c1cccc-3c1. The van der Waals surface area contributed by atoms with E-state index >= 15 is 0 Å². The van der Waals surface area contributed by atoms with Gasteiger partial charge in [0.2, 0.25) is 0 Å². The molecule has 0 aliphatic carbocycles. The summed E-state index contributed by atoms with van der Waals surface area (Å²) in [6, 6.07) is 18.3. The summed E-state index contributed by atoms with van der Waals surface area (Å²) in [7, 11) is 0. The smallest absolute Gasteiger partial charge is 0.337 e. The Morgan fingerprint density at radius 3 is 2.56 bits per heavy atom. The Morgan fingerprint density at radius 2 is 1.80 bits per heavy atom. The quantitative estimate of drug-likeness (QED) is 0.247. The average molecular weight is 611 g/mol. The number of carboxylic acids is 1. The molecule has 3 aliphatic heterocycles. The van der Waals surface area contributed by atoms with E-state index in [1.807, 2.05) is 64.1 Å². The third kappa shape index (κ3) is 6.60. The van der Waals surface area contributed by atoms with Crippen LogP contribution in [0.5, 0.6) is 5.75 Å². The second-order valence-electron chi connectivity index (χ2n) is 13.1. The molecule has 2 aromatic heterocycles. The van der Waals surface area contributed by atoms with E-state index < -0.39 is 17.7 Å². The van der Waals surface area contributed by atoms with Gasteiger partial charge in [0.1, 0.15) is 11.6 Å². The molecule has 0 spiro atoms. The van der Waals surface area contributed by atoms with E-state index in [0.29, 0.717) is 49.0 Å². The Bertz CT molecular complexity index is 1730. The summed E-state index contributed by atoms with van der Waals surface area (Å²) < 4.78 is 20.6. The number of benzene rings is 2. The van der Waals surface area contributed by atoms with Crippen molar-refractivity contribution in [3.8, 4) is 28.1 Å². The van der Waals surface area contributed by atoms with Gasteiger partial charge in [-0.1, -0.05) is 48.6 Å². The van der Waals surface area contributed by atoms with Crippen LogP contribution in [-0.4, -0.2) is 63.2 Å². The molecule has 9 nitrogen and oxygen atoms in total. The normalized spacial score (nSPS) is 18.3. The van der Waals surface area contributed by atoms with E-state index in [0.717, 1.165) is 47.4 Å². The van der Waals surface area contributed by atoms with Gasteiger partial charge in [-0.3, -0.25) is 0 Å². The minimum absolute atomic E-state index is 0.303. The molecule has 236 valence electrons. The van der Waals surface area contributed by atoms with Crippen LogP contribution in [0.15, 0.2) is 66.7 Å². The molecule has 45 heavy (non-hydrogen) atoms. The van der Waals surface area contributed by atoms with Crippen molar-refractivity contribution in [1.29, 1.82) is 0 Å². The minimum Gasteiger partial charge on any atom is -0.493 e. The van der Waals surface area contributed by atoms with Gasteiger partial charge in [0, 0.05) is 36.0 Å². The van der Waals surface area contributed by atoms with Gasteiger partial charge < -0.3 is 24.2 Å². The molecule has 3 aliphatic rings. The van der Waals surface area contributed by atoms with Gasteiger partial charge in [0.25, 0.3) is 0 Å². The van der Waals surface area contributed by atoms with Crippen LogP contribution in [0.25, 0.3) is 28.0 Å².